The van der Waals surface area contributed by atoms with Crippen LogP contribution in [0.1, 0.15) is 0 Å². The number of para-hydroxylation sites is 1. The van der Waals surface area contributed by atoms with Crippen LogP contribution >= 0.6 is 0 Å². The molecule has 18 heavy (non-hydrogen) atoms. The third-order valence-electron chi connectivity index (χ3n) is 2.01. The van der Waals surface area contributed by atoms with Gasteiger partial charge in [-0.25, -0.2) is 8.78 Å². The Labute approximate surface area is 101 Å². The fourth-order valence-electron chi connectivity index (χ4n) is 1.25. The van der Waals surface area contributed by atoms with Gasteiger partial charge in [-0.05, 0) is 12.1 Å². The first-order chi connectivity index (χ1) is 8.60. The second kappa shape index (κ2) is 4.78. The van der Waals surface area contributed by atoms with Crippen molar-refractivity contribution in [2.45, 2.75) is 0 Å². The summed E-state index contributed by atoms with van der Waals surface area (Å²) in [6.07, 6.45) is 0. The summed E-state index contributed by atoms with van der Waals surface area (Å²) in [5.41, 5.74) is 5.02. The Balaban J connectivity index is 2.37. The largest absolute Gasteiger partial charge is 0.467 e. The minimum Gasteiger partial charge on any atom is -0.467 e. The fraction of sp³-hybridized carbons (Fsp3) is 0.100. The van der Waals surface area contributed by atoms with Gasteiger partial charge in [0.05, 0.1) is 7.11 Å². The Morgan fingerprint density at radius 2 is 1.83 bits per heavy atom. The predicted molar refractivity (Wildman–Crippen MR) is 60.4 cm³/mol. The maximum absolute atomic E-state index is 13.4. The molecule has 0 unspecified atom stereocenters. The molecule has 1 aromatic carbocycles. The van der Waals surface area contributed by atoms with Gasteiger partial charge in [0.25, 0.3) is 0 Å². The molecule has 1 aromatic heterocycles. The molecule has 0 aliphatic rings. The second-order valence-electron chi connectivity index (χ2n) is 3.23. The summed E-state index contributed by atoms with van der Waals surface area (Å²) in [5, 5.41) is 2.38. The van der Waals surface area contributed by atoms with E-state index in [1.54, 1.807) is 0 Å². The Morgan fingerprint density at radius 1 is 1.17 bits per heavy atom. The van der Waals surface area contributed by atoms with Crippen LogP contribution in [0.3, 0.4) is 0 Å². The van der Waals surface area contributed by atoms with Crippen molar-refractivity contribution >= 4 is 17.6 Å². The lowest BCUT2D eigenvalue weighted by atomic mass is 10.3. The third-order valence-corrected chi connectivity index (χ3v) is 2.01. The Morgan fingerprint density at radius 3 is 2.44 bits per heavy atom. The predicted octanol–water partition coefficient (Wildman–Crippen LogP) is 1.48. The number of hydrogen-bond donors (Lipinski definition) is 2. The number of rotatable bonds is 3. The van der Waals surface area contributed by atoms with E-state index in [1.807, 2.05) is 0 Å². The first-order valence-electron chi connectivity index (χ1n) is 4.86. The summed E-state index contributed by atoms with van der Waals surface area (Å²) in [6, 6.07) is 3.40. The molecule has 2 rings (SSSR count). The molecule has 6 nitrogen and oxygen atoms in total. The molecular weight excluding hydrogens is 244 g/mol. The molecule has 0 bridgehead atoms. The summed E-state index contributed by atoms with van der Waals surface area (Å²) in [6.45, 7) is 0. The van der Waals surface area contributed by atoms with E-state index in [1.165, 1.54) is 13.2 Å². The number of nitrogens with one attached hydrogen (secondary N) is 1. The molecule has 0 radical (unpaired) electrons. The van der Waals surface area contributed by atoms with Gasteiger partial charge in [-0.15, -0.1) is 0 Å². The van der Waals surface area contributed by atoms with Gasteiger partial charge in [-0.1, -0.05) is 6.07 Å². The molecule has 94 valence electrons. The molecule has 3 N–H and O–H groups in total. The molecule has 2 aromatic rings. The molecule has 1 heterocycles. The molecule has 0 aliphatic heterocycles. The maximum atomic E-state index is 13.4. The lowest BCUT2D eigenvalue weighted by molar-refractivity contribution is 0.380. The van der Waals surface area contributed by atoms with E-state index >= 15 is 0 Å². The molecule has 0 amide bonds. The highest BCUT2D eigenvalue weighted by Gasteiger charge is 2.11. The van der Waals surface area contributed by atoms with Crippen molar-refractivity contribution in [2.75, 3.05) is 18.2 Å². The zero-order valence-electron chi connectivity index (χ0n) is 9.32. The lowest BCUT2D eigenvalue weighted by Gasteiger charge is -2.08. The van der Waals surface area contributed by atoms with E-state index in [-0.39, 0.29) is 23.6 Å². The van der Waals surface area contributed by atoms with Crippen LogP contribution in [0.4, 0.5) is 26.4 Å². The van der Waals surface area contributed by atoms with Gasteiger partial charge in [0.2, 0.25) is 11.9 Å². The van der Waals surface area contributed by atoms with E-state index in [0.717, 1.165) is 12.1 Å². The quantitative estimate of drug-likeness (QED) is 0.861. The number of anilines is 3. The number of benzene rings is 1. The van der Waals surface area contributed by atoms with Crippen LogP contribution in [0.5, 0.6) is 6.01 Å². The van der Waals surface area contributed by atoms with Crippen LogP contribution in [0.2, 0.25) is 0 Å². The highest BCUT2D eigenvalue weighted by atomic mass is 19.1. The highest BCUT2D eigenvalue weighted by Crippen LogP contribution is 2.22. The van der Waals surface area contributed by atoms with E-state index in [9.17, 15) is 8.78 Å². The van der Waals surface area contributed by atoms with Crippen LogP contribution in [-0.2, 0) is 0 Å². The Kier molecular flexibility index (Phi) is 3.18. The van der Waals surface area contributed by atoms with E-state index < -0.39 is 11.6 Å². The molecule has 0 spiro atoms. The first-order valence-corrected chi connectivity index (χ1v) is 4.86. The molecule has 0 fully saturated rings. The van der Waals surface area contributed by atoms with Gasteiger partial charge in [0.15, 0.2) is 0 Å². The van der Waals surface area contributed by atoms with Crippen molar-refractivity contribution in [3.05, 3.63) is 29.8 Å². The Bertz CT molecular complexity index is 558. The van der Waals surface area contributed by atoms with Crippen LogP contribution in [-0.4, -0.2) is 22.1 Å². The van der Waals surface area contributed by atoms with Crippen molar-refractivity contribution in [1.82, 2.24) is 15.0 Å². The van der Waals surface area contributed by atoms with Crippen molar-refractivity contribution in [1.29, 1.82) is 0 Å². The molecule has 0 aliphatic carbocycles. The number of methoxy groups -OCH3 is 1. The molecule has 0 atom stereocenters. The smallest absolute Gasteiger partial charge is 0.322 e. The Hall–Kier alpha value is -2.51. The molecule has 0 saturated carbocycles. The van der Waals surface area contributed by atoms with Gasteiger partial charge in [-0.2, -0.15) is 15.0 Å². The van der Waals surface area contributed by atoms with E-state index in [2.05, 4.69) is 20.3 Å². The number of nitrogen functional groups attached to an aromatic ring is 1. The number of nitrogens with zero attached hydrogens (tertiary/aromatic N) is 3. The minimum atomic E-state index is -0.770. The number of ether oxygens (including phenoxy) is 1. The normalized spacial score (nSPS) is 10.2. The molecule has 0 saturated heterocycles. The molecule has 8 heteroatoms. The fourth-order valence-corrected chi connectivity index (χ4v) is 1.25. The standard InChI is InChI=1S/C10H9F2N5O/c1-18-10-16-8(13)15-9(17-10)14-7-5(11)3-2-4-6(7)12/h2-4H,1H3,(H3,13,14,15,16,17). The first kappa shape index (κ1) is 12.0. The summed E-state index contributed by atoms with van der Waals surface area (Å²) in [5.74, 6) is -1.77. The summed E-state index contributed by atoms with van der Waals surface area (Å²) < 4.78 is 31.5. The van der Waals surface area contributed by atoms with Gasteiger partial charge in [0, 0.05) is 0 Å². The van der Waals surface area contributed by atoms with Gasteiger partial charge >= 0.3 is 6.01 Å². The van der Waals surface area contributed by atoms with Crippen molar-refractivity contribution in [3.63, 3.8) is 0 Å². The third kappa shape index (κ3) is 2.42. The number of halogens is 2. The summed E-state index contributed by atoms with van der Waals surface area (Å²) in [4.78, 5) is 11.1. The van der Waals surface area contributed by atoms with Crippen LogP contribution in [0.25, 0.3) is 0 Å². The monoisotopic (exact) mass is 253 g/mol. The summed E-state index contributed by atoms with van der Waals surface area (Å²) in [7, 11) is 1.34. The average molecular weight is 253 g/mol. The minimum absolute atomic E-state index is 0.0539. The van der Waals surface area contributed by atoms with Gasteiger partial charge in [-0.3, -0.25) is 0 Å². The summed E-state index contributed by atoms with van der Waals surface area (Å²) >= 11 is 0. The zero-order valence-corrected chi connectivity index (χ0v) is 9.32. The average Bonchev–Trinajstić information content (AvgIpc) is 2.33. The van der Waals surface area contributed by atoms with Gasteiger partial charge in [0.1, 0.15) is 17.3 Å². The van der Waals surface area contributed by atoms with E-state index in [0.29, 0.717) is 0 Å². The SMILES string of the molecule is COc1nc(N)nc(Nc2c(F)cccc2F)n1. The van der Waals surface area contributed by atoms with Crippen LogP contribution in [0.15, 0.2) is 18.2 Å². The number of nitrogens with two attached hydrogens (primary N) is 1. The van der Waals surface area contributed by atoms with Crippen LogP contribution < -0.4 is 15.8 Å². The van der Waals surface area contributed by atoms with Gasteiger partial charge < -0.3 is 15.8 Å². The zero-order chi connectivity index (χ0) is 13.1. The lowest BCUT2D eigenvalue weighted by Crippen LogP contribution is -2.06. The van der Waals surface area contributed by atoms with Crippen molar-refractivity contribution in [2.24, 2.45) is 0 Å². The number of aromatic nitrogens is 3. The highest BCUT2D eigenvalue weighted by molar-refractivity contribution is 5.55. The van der Waals surface area contributed by atoms with Crippen molar-refractivity contribution < 1.29 is 13.5 Å². The van der Waals surface area contributed by atoms with Crippen molar-refractivity contribution in [3.8, 4) is 6.01 Å². The van der Waals surface area contributed by atoms with E-state index in [4.69, 9.17) is 10.5 Å². The van der Waals surface area contributed by atoms with Crippen LogP contribution in [0, 0.1) is 11.6 Å². The maximum Gasteiger partial charge on any atom is 0.322 e. The topological polar surface area (TPSA) is 86.0 Å². The molecular formula is C10H9F2N5O. The second-order valence-corrected chi connectivity index (χ2v) is 3.23. The number of hydrogen-bond acceptors (Lipinski definition) is 6.